The van der Waals surface area contributed by atoms with E-state index in [1.54, 1.807) is 0 Å². The molecule has 148 valence electrons. The fraction of sp³-hybridized carbons (Fsp3) is 0.524. The molecular weight excluding hydrogens is 340 g/mol. The Bertz CT molecular complexity index is 752. The van der Waals surface area contributed by atoms with Crippen LogP contribution in [0, 0.1) is 6.92 Å². The standard InChI is InChI=1S/C21H32N4O2/c1-4-22-21(23-12-7-5-6-8-20(26)27-3)24-13-11-17-15-25-19-14-16(2)9-10-18(17)19/h9-10,14-15,25H,4-8,11-13H2,1-3H3,(H2,22,23,24). The van der Waals surface area contributed by atoms with E-state index < -0.39 is 0 Å². The summed E-state index contributed by atoms with van der Waals surface area (Å²) in [5.74, 6) is 0.710. The van der Waals surface area contributed by atoms with Crippen molar-refractivity contribution in [2.24, 2.45) is 4.99 Å². The van der Waals surface area contributed by atoms with Crippen molar-refractivity contribution in [2.45, 2.75) is 46.0 Å². The van der Waals surface area contributed by atoms with Gasteiger partial charge < -0.3 is 20.4 Å². The number of aryl methyl sites for hydroxylation is 1. The Kier molecular flexibility index (Phi) is 8.68. The second-order valence-electron chi connectivity index (χ2n) is 6.69. The molecular formula is C21H32N4O2. The van der Waals surface area contributed by atoms with E-state index >= 15 is 0 Å². The van der Waals surface area contributed by atoms with Crippen molar-refractivity contribution in [3.05, 3.63) is 35.5 Å². The van der Waals surface area contributed by atoms with Gasteiger partial charge in [-0.3, -0.25) is 9.79 Å². The summed E-state index contributed by atoms with van der Waals surface area (Å²) >= 11 is 0. The van der Waals surface area contributed by atoms with E-state index in [0.29, 0.717) is 6.42 Å². The Morgan fingerprint density at radius 2 is 2.07 bits per heavy atom. The van der Waals surface area contributed by atoms with Crippen molar-refractivity contribution in [2.75, 3.05) is 26.7 Å². The van der Waals surface area contributed by atoms with E-state index in [0.717, 1.165) is 51.3 Å². The monoisotopic (exact) mass is 372 g/mol. The van der Waals surface area contributed by atoms with Gasteiger partial charge >= 0.3 is 5.97 Å². The smallest absolute Gasteiger partial charge is 0.305 e. The number of ether oxygens (including phenoxy) is 1. The van der Waals surface area contributed by atoms with Crippen molar-refractivity contribution in [1.82, 2.24) is 15.6 Å². The van der Waals surface area contributed by atoms with E-state index in [4.69, 9.17) is 0 Å². The minimum atomic E-state index is -0.138. The van der Waals surface area contributed by atoms with Crippen molar-refractivity contribution in [3.8, 4) is 0 Å². The van der Waals surface area contributed by atoms with Crippen molar-refractivity contribution >= 4 is 22.8 Å². The van der Waals surface area contributed by atoms with Crippen LogP contribution in [-0.2, 0) is 16.0 Å². The molecule has 3 N–H and O–H groups in total. The second-order valence-corrected chi connectivity index (χ2v) is 6.69. The molecule has 0 spiro atoms. The molecule has 0 radical (unpaired) electrons. The molecule has 0 saturated heterocycles. The van der Waals surface area contributed by atoms with E-state index in [9.17, 15) is 4.79 Å². The number of benzene rings is 1. The van der Waals surface area contributed by atoms with Crippen LogP contribution in [-0.4, -0.2) is 43.7 Å². The lowest BCUT2D eigenvalue weighted by atomic mass is 10.1. The average Bonchev–Trinajstić information content (AvgIpc) is 3.06. The zero-order valence-corrected chi connectivity index (χ0v) is 16.7. The molecule has 0 unspecified atom stereocenters. The highest BCUT2D eigenvalue weighted by Crippen LogP contribution is 2.19. The van der Waals surface area contributed by atoms with Crippen LogP contribution in [0.5, 0.6) is 0 Å². The number of fused-ring (bicyclic) bond motifs is 1. The lowest BCUT2D eigenvalue weighted by molar-refractivity contribution is -0.140. The summed E-state index contributed by atoms with van der Waals surface area (Å²) in [6, 6.07) is 6.51. The second kappa shape index (κ2) is 11.3. The molecule has 6 nitrogen and oxygen atoms in total. The number of unbranched alkanes of at least 4 members (excludes halogenated alkanes) is 2. The summed E-state index contributed by atoms with van der Waals surface area (Å²) in [6.45, 7) is 6.59. The summed E-state index contributed by atoms with van der Waals surface area (Å²) in [6.07, 6.45) is 6.32. The van der Waals surface area contributed by atoms with Gasteiger partial charge in [0, 0.05) is 43.2 Å². The lowest BCUT2D eigenvalue weighted by Crippen LogP contribution is -2.38. The Morgan fingerprint density at radius 1 is 1.22 bits per heavy atom. The number of nitrogens with zero attached hydrogens (tertiary/aromatic N) is 1. The SMILES string of the molecule is CCNC(=NCCCCCC(=O)OC)NCCc1c[nH]c2cc(C)ccc12. The third-order valence-corrected chi connectivity index (χ3v) is 4.49. The Hall–Kier alpha value is -2.50. The number of aromatic nitrogens is 1. The first-order chi connectivity index (χ1) is 13.1. The minimum Gasteiger partial charge on any atom is -0.469 e. The van der Waals surface area contributed by atoms with Crippen molar-refractivity contribution < 1.29 is 9.53 Å². The van der Waals surface area contributed by atoms with Gasteiger partial charge in [-0.15, -0.1) is 0 Å². The van der Waals surface area contributed by atoms with Gasteiger partial charge in [0.05, 0.1) is 7.11 Å². The average molecular weight is 373 g/mol. The lowest BCUT2D eigenvalue weighted by Gasteiger charge is -2.11. The molecule has 0 aliphatic heterocycles. The maximum Gasteiger partial charge on any atom is 0.305 e. The normalized spacial score (nSPS) is 11.6. The topological polar surface area (TPSA) is 78.5 Å². The largest absolute Gasteiger partial charge is 0.469 e. The van der Waals surface area contributed by atoms with Crippen LogP contribution in [0.2, 0.25) is 0 Å². The van der Waals surface area contributed by atoms with Gasteiger partial charge in [0.2, 0.25) is 0 Å². The van der Waals surface area contributed by atoms with Crippen LogP contribution in [0.4, 0.5) is 0 Å². The molecule has 0 fully saturated rings. The summed E-state index contributed by atoms with van der Waals surface area (Å²) in [5.41, 5.74) is 3.77. The highest BCUT2D eigenvalue weighted by Gasteiger charge is 2.04. The maximum atomic E-state index is 11.1. The zero-order chi connectivity index (χ0) is 19.5. The van der Waals surface area contributed by atoms with Gasteiger partial charge in [-0.05, 0) is 50.3 Å². The molecule has 0 amide bonds. The van der Waals surface area contributed by atoms with Crippen LogP contribution in [0.25, 0.3) is 10.9 Å². The molecule has 0 aliphatic carbocycles. The number of rotatable bonds is 10. The summed E-state index contributed by atoms with van der Waals surface area (Å²) < 4.78 is 4.65. The van der Waals surface area contributed by atoms with Gasteiger partial charge in [-0.25, -0.2) is 0 Å². The fourth-order valence-electron chi connectivity index (χ4n) is 3.02. The molecule has 1 aromatic heterocycles. The molecule has 0 aliphatic rings. The number of H-pyrrole nitrogens is 1. The zero-order valence-electron chi connectivity index (χ0n) is 16.7. The quantitative estimate of drug-likeness (QED) is 0.259. The summed E-state index contributed by atoms with van der Waals surface area (Å²) in [5, 5.41) is 7.97. The summed E-state index contributed by atoms with van der Waals surface area (Å²) in [7, 11) is 1.43. The first kappa shape index (κ1) is 20.8. The number of guanidine groups is 1. The van der Waals surface area contributed by atoms with Crippen LogP contribution in [0.1, 0.15) is 43.7 Å². The van der Waals surface area contributed by atoms with E-state index in [2.05, 4.69) is 63.6 Å². The van der Waals surface area contributed by atoms with Crippen LogP contribution in [0.15, 0.2) is 29.4 Å². The van der Waals surface area contributed by atoms with Gasteiger partial charge in [0.25, 0.3) is 0 Å². The van der Waals surface area contributed by atoms with Crippen LogP contribution in [0.3, 0.4) is 0 Å². The number of esters is 1. The molecule has 1 aromatic carbocycles. The minimum absolute atomic E-state index is 0.138. The molecule has 6 heteroatoms. The summed E-state index contributed by atoms with van der Waals surface area (Å²) in [4.78, 5) is 19.0. The molecule has 1 heterocycles. The number of aliphatic imine (C=N–C) groups is 1. The first-order valence-corrected chi connectivity index (χ1v) is 9.79. The van der Waals surface area contributed by atoms with Gasteiger partial charge in [0.15, 0.2) is 5.96 Å². The maximum absolute atomic E-state index is 11.1. The Balaban J connectivity index is 1.75. The van der Waals surface area contributed by atoms with Crippen LogP contribution >= 0.6 is 0 Å². The van der Waals surface area contributed by atoms with Gasteiger partial charge in [-0.2, -0.15) is 0 Å². The number of methoxy groups -OCH3 is 1. The molecule has 2 rings (SSSR count). The molecule has 0 saturated carbocycles. The molecule has 27 heavy (non-hydrogen) atoms. The number of carbonyl (C=O) groups excluding carboxylic acids is 1. The fourth-order valence-corrected chi connectivity index (χ4v) is 3.02. The third kappa shape index (κ3) is 6.96. The number of nitrogens with one attached hydrogen (secondary N) is 3. The third-order valence-electron chi connectivity index (χ3n) is 4.49. The van der Waals surface area contributed by atoms with E-state index in [-0.39, 0.29) is 5.97 Å². The van der Waals surface area contributed by atoms with Gasteiger partial charge in [0.1, 0.15) is 0 Å². The highest BCUT2D eigenvalue weighted by molar-refractivity contribution is 5.84. The van der Waals surface area contributed by atoms with E-state index in [1.165, 1.54) is 29.1 Å². The number of hydrogen-bond donors (Lipinski definition) is 3. The molecule has 0 bridgehead atoms. The predicted molar refractivity (Wildman–Crippen MR) is 111 cm³/mol. The number of aromatic amines is 1. The van der Waals surface area contributed by atoms with Crippen molar-refractivity contribution in [3.63, 3.8) is 0 Å². The highest BCUT2D eigenvalue weighted by atomic mass is 16.5. The number of hydrogen-bond acceptors (Lipinski definition) is 3. The van der Waals surface area contributed by atoms with Crippen LogP contribution < -0.4 is 10.6 Å². The van der Waals surface area contributed by atoms with Gasteiger partial charge in [-0.1, -0.05) is 18.6 Å². The molecule has 2 aromatic rings. The number of carbonyl (C=O) groups is 1. The first-order valence-electron chi connectivity index (χ1n) is 9.79. The Labute approximate surface area is 161 Å². The Morgan fingerprint density at radius 3 is 2.85 bits per heavy atom. The van der Waals surface area contributed by atoms with Crippen molar-refractivity contribution in [1.29, 1.82) is 0 Å². The van der Waals surface area contributed by atoms with E-state index in [1.807, 2.05) is 0 Å². The predicted octanol–water partition coefficient (Wildman–Crippen LogP) is 3.31. The molecule has 0 atom stereocenters.